The van der Waals surface area contributed by atoms with Crippen LogP contribution in [-0.4, -0.2) is 55.7 Å². The predicted molar refractivity (Wildman–Crippen MR) is 66.8 cm³/mol. The molecular weight excluding hydrogens is 179 g/mol. The Kier molecular flexibility index (Phi) is 4.57. The van der Waals surface area contributed by atoms with Crippen molar-refractivity contribution >= 4 is 17.7 Å². The van der Waals surface area contributed by atoms with Crippen molar-refractivity contribution in [1.82, 2.24) is 9.80 Å². The van der Waals surface area contributed by atoms with E-state index < -0.39 is 0 Å². The molecular formula is C12H19LiN2. The van der Waals surface area contributed by atoms with Gasteiger partial charge in [-0.05, 0) is 0 Å². The molecule has 0 fully saturated rings. The summed E-state index contributed by atoms with van der Waals surface area (Å²) < 4.78 is 0.528. The van der Waals surface area contributed by atoms with Crippen LogP contribution in [0.2, 0.25) is 4.59 Å². The molecule has 15 heavy (non-hydrogen) atoms. The van der Waals surface area contributed by atoms with Gasteiger partial charge in [-0.25, -0.2) is 0 Å². The quantitative estimate of drug-likeness (QED) is 0.624. The molecule has 1 rings (SSSR count). The molecule has 0 saturated carbocycles. The molecule has 0 heterocycles. The minimum atomic E-state index is 0.528. The molecule has 0 N–H and O–H groups in total. The topological polar surface area (TPSA) is 6.48 Å². The van der Waals surface area contributed by atoms with E-state index in [0.29, 0.717) is 4.59 Å². The van der Waals surface area contributed by atoms with Crippen molar-refractivity contribution in [3.8, 4) is 0 Å². The van der Waals surface area contributed by atoms with Gasteiger partial charge in [-0.1, -0.05) is 0 Å². The Morgan fingerprint density at radius 3 is 2.33 bits per heavy atom. The molecule has 78 valence electrons. The Morgan fingerprint density at radius 2 is 1.80 bits per heavy atom. The summed E-state index contributed by atoms with van der Waals surface area (Å²) in [7, 11) is 8.29. The third-order valence-electron chi connectivity index (χ3n) is 2.55. The fourth-order valence-corrected chi connectivity index (χ4v) is 1.82. The molecule has 2 nitrogen and oxygen atoms in total. The van der Waals surface area contributed by atoms with Gasteiger partial charge in [-0.15, -0.1) is 0 Å². The van der Waals surface area contributed by atoms with E-state index in [9.17, 15) is 0 Å². The molecule has 1 aliphatic rings. The summed E-state index contributed by atoms with van der Waals surface area (Å²) in [5, 5.41) is 0. The monoisotopic (exact) mass is 198 g/mol. The maximum atomic E-state index is 2.27. The van der Waals surface area contributed by atoms with E-state index in [0.717, 1.165) is 6.42 Å². The third kappa shape index (κ3) is 3.81. The molecule has 0 aromatic rings. The van der Waals surface area contributed by atoms with E-state index >= 15 is 0 Å². The predicted octanol–water partition coefficient (Wildman–Crippen LogP) is 1.79. The van der Waals surface area contributed by atoms with Crippen LogP contribution in [0.3, 0.4) is 0 Å². The van der Waals surface area contributed by atoms with E-state index in [-0.39, 0.29) is 0 Å². The van der Waals surface area contributed by atoms with Gasteiger partial charge >= 0.3 is 102 Å². The van der Waals surface area contributed by atoms with Gasteiger partial charge in [0.1, 0.15) is 0 Å². The average molecular weight is 198 g/mol. The van der Waals surface area contributed by atoms with Gasteiger partial charge in [0.2, 0.25) is 0 Å². The fraction of sp³-hybridized carbons (Fsp3) is 0.500. The first-order valence-electron chi connectivity index (χ1n) is 5.42. The second kappa shape index (κ2) is 5.49. The van der Waals surface area contributed by atoms with Crippen LogP contribution in [0.5, 0.6) is 0 Å². The molecule has 3 heteroatoms. The molecule has 0 saturated heterocycles. The zero-order valence-corrected chi connectivity index (χ0v) is 10.5. The molecule has 1 aliphatic carbocycles. The van der Waals surface area contributed by atoms with Crippen molar-refractivity contribution in [2.24, 2.45) is 0 Å². The number of hydrogen-bond acceptors (Lipinski definition) is 2. The van der Waals surface area contributed by atoms with Crippen molar-refractivity contribution in [2.45, 2.75) is 11.0 Å². The van der Waals surface area contributed by atoms with Crippen LogP contribution >= 0.6 is 0 Å². The van der Waals surface area contributed by atoms with Gasteiger partial charge in [0.25, 0.3) is 0 Å². The van der Waals surface area contributed by atoms with Gasteiger partial charge in [-0.2, -0.15) is 0 Å². The summed E-state index contributed by atoms with van der Waals surface area (Å²) in [6, 6.07) is 0. The summed E-state index contributed by atoms with van der Waals surface area (Å²) in [4.78, 5) is 4.23. The van der Waals surface area contributed by atoms with Crippen LogP contribution in [0.25, 0.3) is 0 Å². The molecule has 0 aromatic heterocycles. The van der Waals surface area contributed by atoms with Gasteiger partial charge in [-0.3, -0.25) is 0 Å². The Bertz CT molecular complexity index is 301. The normalized spacial score (nSPS) is 26.1. The fourth-order valence-electron chi connectivity index (χ4n) is 1.82. The van der Waals surface area contributed by atoms with E-state index in [1.165, 1.54) is 11.1 Å². The van der Waals surface area contributed by atoms with Crippen LogP contribution in [0.1, 0.15) is 6.42 Å². The maximum absolute atomic E-state index is 2.27. The number of nitrogens with zero attached hydrogens (tertiary/aromatic N) is 2. The van der Waals surface area contributed by atoms with Gasteiger partial charge < -0.3 is 0 Å². The van der Waals surface area contributed by atoms with E-state index in [1.807, 2.05) is 0 Å². The van der Waals surface area contributed by atoms with Crippen molar-refractivity contribution in [1.29, 1.82) is 0 Å². The first-order valence-corrected chi connectivity index (χ1v) is 5.42. The summed E-state index contributed by atoms with van der Waals surface area (Å²) in [5.74, 6) is 0. The standard InChI is InChI=1S/C12H19N2.Li/c1-13(2)9-11-6-5-7-12(8-11)10-14(3)4;/h5-6,8-10H,7H2,1-4H3;. The Balaban J connectivity index is 2.89. The Hall–Kier alpha value is -0.583. The van der Waals surface area contributed by atoms with Gasteiger partial charge in [0.15, 0.2) is 0 Å². The first-order chi connectivity index (χ1) is 7.00. The second-order valence-electron chi connectivity index (χ2n) is 4.59. The van der Waals surface area contributed by atoms with E-state index in [4.69, 9.17) is 0 Å². The van der Waals surface area contributed by atoms with Crippen LogP contribution < -0.4 is 0 Å². The van der Waals surface area contributed by atoms with Crippen LogP contribution in [0.15, 0.2) is 35.7 Å². The SMILES string of the molecule is [Li][CH]1C(=CN(C)C)C=CCC1=CN(C)C. The first kappa shape index (κ1) is 12.5. The van der Waals surface area contributed by atoms with Gasteiger partial charge in [0.05, 0.1) is 0 Å². The van der Waals surface area contributed by atoms with Crippen LogP contribution in [0.4, 0.5) is 0 Å². The molecule has 1 atom stereocenters. The zero-order chi connectivity index (χ0) is 11.4. The van der Waals surface area contributed by atoms with Crippen molar-refractivity contribution in [3.05, 3.63) is 35.7 Å². The van der Waals surface area contributed by atoms with Crippen molar-refractivity contribution < 1.29 is 0 Å². The zero-order valence-electron chi connectivity index (χ0n) is 10.5. The Morgan fingerprint density at radius 1 is 1.20 bits per heavy atom. The molecule has 0 amide bonds. The molecule has 0 spiro atoms. The molecule has 0 bridgehead atoms. The van der Waals surface area contributed by atoms with E-state index in [2.05, 4.69) is 80.3 Å². The second-order valence-corrected chi connectivity index (χ2v) is 4.59. The number of hydrogen-bond donors (Lipinski definition) is 0. The summed E-state index contributed by atoms with van der Waals surface area (Å²) in [6.45, 7) is 0. The number of rotatable bonds is 2. The molecule has 0 aliphatic heterocycles. The van der Waals surface area contributed by atoms with E-state index in [1.54, 1.807) is 0 Å². The molecule has 1 unspecified atom stereocenters. The molecule has 0 aromatic carbocycles. The minimum absolute atomic E-state index is 0.528. The third-order valence-corrected chi connectivity index (χ3v) is 2.55. The summed E-state index contributed by atoms with van der Waals surface area (Å²) >= 11 is 2.27. The Labute approximate surface area is 103 Å². The summed E-state index contributed by atoms with van der Waals surface area (Å²) in [6.07, 6.45) is 9.98. The molecule has 0 radical (unpaired) electrons. The van der Waals surface area contributed by atoms with Gasteiger partial charge in [0, 0.05) is 0 Å². The average Bonchev–Trinajstić information content (AvgIpc) is 2.10. The number of allylic oxidation sites excluding steroid dienone is 4. The van der Waals surface area contributed by atoms with Crippen LogP contribution in [0, 0.1) is 0 Å². The van der Waals surface area contributed by atoms with Crippen molar-refractivity contribution in [2.75, 3.05) is 28.2 Å². The van der Waals surface area contributed by atoms with Crippen molar-refractivity contribution in [3.63, 3.8) is 0 Å². The summed E-state index contributed by atoms with van der Waals surface area (Å²) in [5.41, 5.74) is 2.87. The van der Waals surface area contributed by atoms with Crippen LogP contribution in [-0.2, 0) is 0 Å².